The van der Waals surface area contributed by atoms with Crippen molar-refractivity contribution in [2.75, 3.05) is 0 Å². The van der Waals surface area contributed by atoms with Gasteiger partial charge in [0.25, 0.3) is 5.91 Å². The Morgan fingerprint density at radius 3 is 2.38 bits per heavy atom. The van der Waals surface area contributed by atoms with E-state index in [1.807, 2.05) is 0 Å². The molecule has 0 saturated heterocycles. The zero-order valence-electron chi connectivity index (χ0n) is 15.1. The molecule has 1 atom stereocenters. The van der Waals surface area contributed by atoms with Gasteiger partial charge in [-0.2, -0.15) is 0 Å². The smallest absolute Gasteiger partial charge is 0.333 e. The number of hydrogen-bond donors (Lipinski definition) is 6. The lowest BCUT2D eigenvalue weighted by molar-refractivity contribution is -0.137. The summed E-state index contributed by atoms with van der Waals surface area (Å²) in [6.45, 7) is 0. The molecule has 0 spiro atoms. The number of nitrogens with zero attached hydrogens (tertiary/aromatic N) is 1. The van der Waals surface area contributed by atoms with Gasteiger partial charge in [-0.25, -0.2) is 15.2 Å². The van der Waals surface area contributed by atoms with Crippen LogP contribution in [-0.4, -0.2) is 29.0 Å². The van der Waals surface area contributed by atoms with E-state index in [1.165, 1.54) is 12.1 Å². The molecule has 0 heterocycles. The largest absolute Gasteiger partial charge is 0.481 e. The fraction of sp³-hybridized carbons (Fsp3) is 0.111. The monoisotopic (exact) mass is 418 g/mol. The first kappa shape index (κ1) is 21.5. The minimum Gasteiger partial charge on any atom is -0.481 e. The Morgan fingerprint density at radius 2 is 1.76 bits per heavy atom. The third-order valence-corrected chi connectivity index (χ3v) is 3.86. The van der Waals surface area contributed by atoms with Crippen molar-refractivity contribution in [3.8, 4) is 0 Å². The molecule has 0 aliphatic heterocycles. The minimum absolute atomic E-state index is 0.160. The Morgan fingerprint density at radius 1 is 1.07 bits per heavy atom. The molecule has 10 nitrogen and oxygen atoms in total. The second kappa shape index (κ2) is 9.95. The molecule has 0 saturated carbocycles. The highest BCUT2D eigenvalue weighted by molar-refractivity contribution is 6.30. The number of carboxylic acid groups (broad SMARTS) is 1. The summed E-state index contributed by atoms with van der Waals surface area (Å²) in [6, 6.07) is 10.8. The number of carbonyl (C=O) groups is 3. The molecule has 2 aromatic rings. The molecule has 2 rings (SSSR count). The van der Waals surface area contributed by atoms with E-state index in [9.17, 15) is 14.4 Å². The van der Waals surface area contributed by atoms with E-state index in [0.717, 1.165) is 0 Å². The van der Waals surface area contributed by atoms with Crippen LogP contribution in [-0.2, 0) is 4.79 Å². The maximum atomic E-state index is 12.2. The fourth-order valence-electron chi connectivity index (χ4n) is 2.37. The van der Waals surface area contributed by atoms with Crippen LogP contribution in [0.4, 0.5) is 10.5 Å². The first-order valence-electron chi connectivity index (χ1n) is 8.28. The lowest BCUT2D eigenvalue weighted by Crippen LogP contribution is -2.48. The zero-order chi connectivity index (χ0) is 21.4. The second-order valence-corrected chi connectivity index (χ2v) is 6.28. The quantitative estimate of drug-likeness (QED) is 0.235. The van der Waals surface area contributed by atoms with Gasteiger partial charge < -0.3 is 21.9 Å². The summed E-state index contributed by atoms with van der Waals surface area (Å²) in [4.78, 5) is 39.2. The van der Waals surface area contributed by atoms with Gasteiger partial charge in [0.2, 0.25) is 0 Å². The second-order valence-electron chi connectivity index (χ2n) is 5.84. The topological polar surface area (TPSA) is 172 Å². The first-order chi connectivity index (χ1) is 13.7. The van der Waals surface area contributed by atoms with E-state index in [4.69, 9.17) is 28.2 Å². The van der Waals surface area contributed by atoms with Crippen molar-refractivity contribution >= 4 is 41.2 Å². The standard InChI is InChI=1S/C18H19ClN6O4/c19-12-6-4-10(5-7-12)14(9-15(26)27)23-18(29)25-24-16(28)11-2-1-3-13(8-11)22-17(20)21/h1-8,14H,9H2,(H,24,28)(H,26,27)(H4,20,21,22)(H2,23,25,29). The average Bonchev–Trinajstić information content (AvgIpc) is 2.65. The van der Waals surface area contributed by atoms with Crippen LogP contribution in [0.3, 0.4) is 0 Å². The van der Waals surface area contributed by atoms with Gasteiger partial charge in [-0.15, -0.1) is 0 Å². The number of hydrazine groups is 1. The molecular weight excluding hydrogens is 400 g/mol. The minimum atomic E-state index is -1.11. The summed E-state index contributed by atoms with van der Waals surface area (Å²) in [5, 5.41) is 12.0. The van der Waals surface area contributed by atoms with Crippen LogP contribution in [0, 0.1) is 0 Å². The molecule has 3 amide bonds. The van der Waals surface area contributed by atoms with E-state index in [2.05, 4.69) is 21.2 Å². The number of nitrogens with one attached hydrogen (secondary N) is 3. The van der Waals surface area contributed by atoms with Crippen LogP contribution >= 0.6 is 11.6 Å². The number of nitrogens with two attached hydrogens (primary N) is 2. The van der Waals surface area contributed by atoms with E-state index >= 15 is 0 Å². The predicted molar refractivity (Wildman–Crippen MR) is 107 cm³/mol. The molecule has 8 N–H and O–H groups in total. The molecule has 29 heavy (non-hydrogen) atoms. The number of aliphatic carboxylic acids is 1. The van der Waals surface area contributed by atoms with Crippen molar-refractivity contribution < 1.29 is 19.5 Å². The molecule has 1 unspecified atom stereocenters. The van der Waals surface area contributed by atoms with Gasteiger partial charge in [-0.1, -0.05) is 29.8 Å². The van der Waals surface area contributed by atoms with Crippen LogP contribution in [0.15, 0.2) is 53.5 Å². The maximum absolute atomic E-state index is 12.2. The van der Waals surface area contributed by atoms with Gasteiger partial charge >= 0.3 is 12.0 Å². The van der Waals surface area contributed by atoms with Gasteiger partial charge in [0, 0.05) is 10.6 Å². The third kappa shape index (κ3) is 7.03. The number of hydrogen-bond acceptors (Lipinski definition) is 4. The number of rotatable bonds is 6. The first-order valence-corrected chi connectivity index (χ1v) is 8.66. The van der Waals surface area contributed by atoms with Crippen molar-refractivity contribution in [1.82, 2.24) is 16.2 Å². The predicted octanol–water partition coefficient (Wildman–Crippen LogP) is 1.40. The van der Waals surface area contributed by atoms with Crippen molar-refractivity contribution in [2.24, 2.45) is 16.5 Å². The third-order valence-electron chi connectivity index (χ3n) is 3.61. The number of aliphatic imine (C=N–C) groups is 1. The number of benzene rings is 2. The summed E-state index contributed by atoms with van der Waals surface area (Å²) in [6.07, 6.45) is -0.358. The summed E-state index contributed by atoms with van der Waals surface area (Å²) in [5.74, 6) is -1.88. The van der Waals surface area contributed by atoms with E-state index in [0.29, 0.717) is 16.3 Å². The van der Waals surface area contributed by atoms with Gasteiger partial charge in [0.15, 0.2) is 5.96 Å². The lowest BCUT2D eigenvalue weighted by Gasteiger charge is -2.18. The number of urea groups is 1. The highest BCUT2D eigenvalue weighted by Crippen LogP contribution is 2.19. The molecule has 152 valence electrons. The summed E-state index contributed by atoms with van der Waals surface area (Å²) in [5.41, 5.74) is 16.1. The molecule has 0 radical (unpaired) electrons. The average molecular weight is 419 g/mol. The van der Waals surface area contributed by atoms with Gasteiger partial charge in [-0.05, 0) is 35.9 Å². The lowest BCUT2D eigenvalue weighted by atomic mass is 10.0. The highest BCUT2D eigenvalue weighted by atomic mass is 35.5. The molecular formula is C18H19ClN6O4. The van der Waals surface area contributed by atoms with E-state index in [1.54, 1.807) is 36.4 Å². The Hall–Kier alpha value is -3.79. The zero-order valence-corrected chi connectivity index (χ0v) is 15.8. The number of halogens is 1. The molecule has 11 heteroatoms. The van der Waals surface area contributed by atoms with Crippen LogP contribution in [0.1, 0.15) is 28.4 Å². The van der Waals surface area contributed by atoms with Crippen molar-refractivity contribution in [3.05, 3.63) is 64.7 Å². The number of guanidine groups is 1. The summed E-state index contributed by atoms with van der Waals surface area (Å²) >= 11 is 5.82. The molecule has 0 aliphatic carbocycles. The van der Waals surface area contributed by atoms with Gasteiger partial charge in [-0.3, -0.25) is 15.0 Å². The van der Waals surface area contributed by atoms with E-state index in [-0.39, 0.29) is 17.9 Å². The van der Waals surface area contributed by atoms with Crippen molar-refractivity contribution in [1.29, 1.82) is 0 Å². The summed E-state index contributed by atoms with van der Waals surface area (Å²) < 4.78 is 0. The normalized spacial score (nSPS) is 11.1. The van der Waals surface area contributed by atoms with Gasteiger partial charge in [0.1, 0.15) is 0 Å². The molecule has 0 aromatic heterocycles. The number of carbonyl (C=O) groups excluding carboxylic acids is 2. The van der Waals surface area contributed by atoms with Gasteiger partial charge in [0.05, 0.1) is 18.2 Å². The SMILES string of the molecule is NC(N)=Nc1cccc(C(=O)NNC(=O)NC(CC(=O)O)c2ccc(Cl)cc2)c1. The van der Waals surface area contributed by atoms with Crippen LogP contribution in [0.2, 0.25) is 5.02 Å². The Bertz CT molecular complexity index is 928. The van der Waals surface area contributed by atoms with E-state index < -0.39 is 23.9 Å². The van der Waals surface area contributed by atoms with Crippen molar-refractivity contribution in [3.63, 3.8) is 0 Å². The number of carboxylic acids is 1. The van der Waals surface area contributed by atoms with Crippen molar-refractivity contribution in [2.45, 2.75) is 12.5 Å². The molecule has 0 fully saturated rings. The molecule has 2 aromatic carbocycles. The Labute approximate surface area is 170 Å². The molecule has 0 aliphatic rings. The maximum Gasteiger partial charge on any atom is 0.333 e. The van der Waals surface area contributed by atoms with Crippen LogP contribution in [0.25, 0.3) is 0 Å². The Kier molecular flexibility index (Phi) is 7.38. The Balaban J connectivity index is 1.99. The number of amides is 3. The fourth-order valence-corrected chi connectivity index (χ4v) is 2.49. The molecule has 0 bridgehead atoms. The van der Waals surface area contributed by atoms with Crippen LogP contribution < -0.4 is 27.6 Å². The van der Waals surface area contributed by atoms with Crippen LogP contribution in [0.5, 0.6) is 0 Å². The highest BCUT2D eigenvalue weighted by Gasteiger charge is 2.18. The summed E-state index contributed by atoms with van der Waals surface area (Å²) in [7, 11) is 0.